The molecule has 0 aromatic rings. The summed E-state index contributed by atoms with van der Waals surface area (Å²) in [6.07, 6.45) is 0.975. The van der Waals surface area contributed by atoms with Crippen LogP contribution in [-0.4, -0.2) is 67.1 Å². The number of amides is 1. The fourth-order valence-corrected chi connectivity index (χ4v) is 2.19. The van der Waals surface area contributed by atoms with E-state index in [1.807, 2.05) is 13.8 Å². The van der Waals surface area contributed by atoms with Gasteiger partial charge in [-0.1, -0.05) is 6.92 Å². The van der Waals surface area contributed by atoms with Crippen molar-refractivity contribution < 1.29 is 4.79 Å². The van der Waals surface area contributed by atoms with Crippen LogP contribution < -0.4 is 11.1 Å². The van der Waals surface area contributed by atoms with Crippen LogP contribution in [0.4, 0.5) is 0 Å². The topological polar surface area (TPSA) is 61.6 Å². The number of nitrogens with one attached hydrogen (secondary N) is 1. The Morgan fingerprint density at radius 2 is 1.89 bits per heavy atom. The molecule has 1 rings (SSSR count). The smallest absolute Gasteiger partial charge is 0.237 e. The summed E-state index contributed by atoms with van der Waals surface area (Å²) in [5, 5.41) is 3.05. The number of hydrogen-bond donors (Lipinski definition) is 2. The first-order valence-corrected chi connectivity index (χ1v) is 7.05. The highest BCUT2D eigenvalue weighted by Crippen LogP contribution is 2.06. The zero-order chi connectivity index (χ0) is 13.5. The Bertz CT molecular complexity index is 251. The molecule has 0 aromatic carbocycles. The van der Waals surface area contributed by atoms with Crippen molar-refractivity contribution in [3.63, 3.8) is 0 Å². The van der Waals surface area contributed by atoms with Crippen molar-refractivity contribution in [1.29, 1.82) is 0 Å². The van der Waals surface area contributed by atoms with Gasteiger partial charge in [0.15, 0.2) is 0 Å². The zero-order valence-electron chi connectivity index (χ0n) is 12.0. The summed E-state index contributed by atoms with van der Waals surface area (Å²) in [5.41, 5.74) is 5.55. The molecule has 2 unspecified atom stereocenters. The van der Waals surface area contributed by atoms with Crippen LogP contribution in [0.5, 0.6) is 0 Å². The summed E-state index contributed by atoms with van der Waals surface area (Å²) in [4.78, 5) is 16.6. The van der Waals surface area contributed by atoms with Crippen LogP contribution >= 0.6 is 0 Å². The quantitative estimate of drug-likeness (QED) is 0.695. The Hall–Kier alpha value is -0.650. The molecule has 106 valence electrons. The lowest BCUT2D eigenvalue weighted by Gasteiger charge is -2.37. The van der Waals surface area contributed by atoms with Gasteiger partial charge in [0.2, 0.25) is 5.91 Å². The number of rotatable bonds is 6. The van der Waals surface area contributed by atoms with Crippen LogP contribution in [-0.2, 0) is 4.79 Å². The minimum absolute atomic E-state index is 0.0287. The van der Waals surface area contributed by atoms with E-state index in [2.05, 4.69) is 22.0 Å². The predicted molar refractivity (Wildman–Crippen MR) is 74.4 cm³/mol. The Balaban J connectivity index is 2.35. The molecular formula is C13H28N4O. The minimum atomic E-state index is -0.0287. The van der Waals surface area contributed by atoms with Gasteiger partial charge in [0.25, 0.3) is 0 Å². The summed E-state index contributed by atoms with van der Waals surface area (Å²) in [6, 6.07) is 0.234. The summed E-state index contributed by atoms with van der Waals surface area (Å²) >= 11 is 0. The Morgan fingerprint density at radius 1 is 1.28 bits per heavy atom. The Kier molecular flexibility index (Phi) is 6.60. The second-order valence-electron chi connectivity index (χ2n) is 5.16. The average molecular weight is 256 g/mol. The minimum Gasteiger partial charge on any atom is -0.352 e. The van der Waals surface area contributed by atoms with Gasteiger partial charge in [-0.15, -0.1) is 0 Å². The van der Waals surface area contributed by atoms with E-state index in [0.717, 1.165) is 39.1 Å². The lowest BCUT2D eigenvalue weighted by atomic mass is 10.2. The van der Waals surface area contributed by atoms with Crippen molar-refractivity contribution in [3.05, 3.63) is 0 Å². The van der Waals surface area contributed by atoms with Gasteiger partial charge < -0.3 is 11.1 Å². The first kappa shape index (κ1) is 15.4. The van der Waals surface area contributed by atoms with Crippen LogP contribution in [0.3, 0.4) is 0 Å². The number of nitrogens with two attached hydrogens (primary N) is 1. The van der Waals surface area contributed by atoms with Crippen molar-refractivity contribution >= 4 is 5.91 Å². The lowest BCUT2D eigenvalue weighted by Crippen LogP contribution is -2.55. The van der Waals surface area contributed by atoms with Gasteiger partial charge in [-0.3, -0.25) is 14.6 Å². The van der Waals surface area contributed by atoms with Gasteiger partial charge in [-0.05, 0) is 20.3 Å². The Labute approximate surface area is 111 Å². The predicted octanol–water partition coefficient (Wildman–Crippen LogP) is -0.134. The molecule has 5 nitrogen and oxygen atoms in total. The molecule has 18 heavy (non-hydrogen) atoms. The molecule has 1 aliphatic heterocycles. The summed E-state index contributed by atoms with van der Waals surface area (Å²) in [6.45, 7) is 11.7. The van der Waals surface area contributed by atoms with E-state index in [-0.39, 0.29) is 18.0 Å². The normalized spacial score (nSPS) is 21.6. The molecule has 0 saturated carbocycles. The molecule has 2 atom stereocenters. The van der Waals surface area contributed by atoms with E-state index in [9.17, 15) is 4.79 Å². The largest absolute Gasteiger partial charge is 0.352 e. The second-order valence-corrected chi connectivity index (χ2v) is 5.16. The molecule has 3 N–H and O–H groups in total. The number of carbonyl (C=O) groups is 1. The van der Waals surface area contributed by atoms with Gasteiger partial charge >= 0.3 is 0 Å². The van der Waals surface area contributed by atoms with Crippen molar-refractivity contribution in [2.75, 3.05) is 39.3 Å². The summed E-state index contributed by atoms with van der Waals surface area (Å²) in [5.74, 6) is 0.150. The zero-order valence-corrected chi connectivity index (χ0v) is 12.0. The van der Waals surface area contributed by atoms with Crippen LogP contribution in [0.2, 0.25) is 0 Å². The molecule has 1 saturated heterocycles. The third kappa shape index (κ3) is 4.55. The third-order valence-electron chi connectivity index (χ3n) is 3.78. The second kappa shape index (κ2) is 7.71. The molecule has 0 spiro atoms. The number of piperazine rings is 1. The summed E-state index contributed by atoms with van der Waals surface area (Å²) in [7, 11) is 0. The van der Waals surface area contributed by atoms with E-state index in [0.29, 0.717) is 6.54 Å². The fourth-order valence-electron chi connectivity index (χ4n) is 2.19. The Morgan fingerprint density at radius 3 is 2.39 bits per heavy atom. The molecule has 0 aliphatic carbocycles. The van der Waals surface area contributed by atoms with Crippen LogP contribution in [0.1, 0.15) is 27.2 Å². The van der Waals surface area contributed by atoms with Gasteiger partial charge in [-0.25, -0.2) is 0 Å². The molecule has 1 fully saturated rings. The average Bonchev–Trinajstić information content (AvgIpc) is 2.39. The first-order chi connectivity index (χ1) is 8.58. The van der Waals surface area contributed by atoms with Crippen molar-refractivity contribution in [2.45, 2.75) is 39.3 Å². The van der Waals surface area contributed by atoms with Crippen LogP contribution in [0.15, 0.2) is 0 Å². The SMILES string of the molecule is CCC(C)NC(=O)C(C)N1CCN(CCN)CC1. The molecule has 1 aliphatic rings. The van der Waals surface area contributed by atoms with E-state index in [1.165, 1.54) is 0 Å². The van der Waals surface area contributed by atoms with Crippen LogP contribution in [0, 0.1) is 0 Å². The maximum Gasteiger partial charge on any atom is 0.237 e. The van der Waals surface area contributed by atoms with Gasteiger partial charge in [0.05, 0.1) is 6.04 Å². The van der Waals surface area contributed by atoms with Gasteiger partial charge in [-0.2, -0.15) is 0 Å². The third-order valence-corrected chi connectivity index (χ3v) is 3.78. The van der Waals surface area contributed by atoms with Crippen molar-refractivity contribution in [1.82, 2.24) is 15.1 Å². The van der Waals surface area contributed by atoms with E-state index >= 15 is 0 Å². The number of carbonyl (C=O) groups excluding carboxylic acids is 1. The van der Waals surface area contributed by atoms with E-state index in [1.54, 1.807) is 0 Å². The highest BCUT2D eigenvalue weighted by Gasteiger charge is 2.25. The molecule has 1 amide bonds. The fraction of sp³-hybridized carbons (Fsp3) is 0.923. The maximum absolute atomic E-state index is 12.0. The highest BCUT2D eigenvalue weighted by molar-refractivity contribution is 5.81. The van der Waals surface area contributed by atoms with E-state index < -0.39 is 0 Å². The molecule has 0 bridgehead atoms. The molecule has 1 heterocycles. The highest BCUT2D eigenvalue weighted by atomic mass is 16.2. The molecular weight excluding hydrogens is 228 g/mol. The van der Waals surface area contributed by atoms with Crippen LogP contribution in [0.25, 0.3) is 0 Å². The molecule has 0 radical (unpaired) electrons. The number of nitrogens with zero attached hydrogens (tertiary/aromatic N) is 2. The van der Waals surface area contributed by atoms with E-state index in [4.69, 9.17) is 5.73 Å². The van der Waals surface area contributed by atoms with Gasteiger partial charge in [0.1, 0.15) is 0 Å². The number of hydrogen-bond acceptors (Lipinski definition) is 4. The van der Waals surface area contributed by atoms with Crippen molar-refractivity contribution in [2.24, 2.45) is 5.73 Å². The molecule has 0 aromatic heterocycles. The maximum atomic E-state index is 12.0. The monoisotopic (exact) mass is 256 g/mol. The van der Waals surface area contributed by atoms with Crippen molar-refractivity contribution in [3.8, 4) is 0 Å². The summed E-state index contributed by atoms with van der Waals surface area (Å²) < 4.78 is 0. The first-order valence-electron chi connectivity index (χ1n) is 7.05. The van der Waals surface area contributed by atoms with Gasteiger partial charge in [0, 0.05) is 45.3 Å². The standard InChI is InChI=1S/C13H28N4O/c1-4-11(2)15-13(18)12(3)17-9-7-16(6-5-14)8-10-17/h11-12H,4-10,14H2,1-3H3,(H,15,18). The lowest BCUT2D eigenvalue weighted by molar-refractivity contribution is -0.127. The molecule has 5 heteroatoms.